The predicted molar refractivity (Wildman–Crippen MR) is 96.9 cm³/mol. The van der Waals surface area contributed by atoms with E-state index in [4.69, 9.17) is 0 Å². The number of aromatic nitrogens is 3. The Hall–Kier alpha value is -1.94. The molecule has 1 fully saturated rings. The molecular weight excluding hydrogens is 379 g/mol. The number of amides is 1. The molecule has 1 aliphatic rings. The molecule has 1 amide bonds. The maximum atomic E-state index is 13.9. The van der Waals surface area contributed by atoms with E-state index in [-0.39, 0.29) is 29.2 Å². The SMILES string of the molecule is CN(C(=O)CSc1nnc(-c2ccccc2F)n1C)[C@@H]1CCS(=O)(=O)C1. The van der Waals surface area contributed by atoms with Gasteiger partial charge >= 0.3 is 0 Å². The van der Waals surface area contributed by atoms with Gasteiger partial charge in [-0.15, -0.1) is 10.2 Å². The fourth-order valence-electron chi connectivity index (χ4n) is 2.83. The van der Waals surface area contributed by atoms with Crippen molar-refractivity contribution in [3.8, 4) is 11.4 Å². The second-order valence-corrected chi connectivity index (χ2v) is 9.37. The van der Waals surface area contributed by atoms with Crippen molar-refractivity contribution in [3.05, 3.63) is 30.1 Å². The van der Waals surface area contributed by atoms with Gasteiger partial charge in [-0.1, -0.05) is 23.9 Å². The van der Waals surface area contributed by atoms with E-state index < -0.39 is 15.7 Å². The van der Waals surface area contributed by atoms with E-state index >= 15 is 0 Å². The van der Waals surface area contributed by atoms with E-state index in [0.717, 1.165) is 0 Å². The minimum atomic E-state index is -3.04. The third-order valence-electron chi connectivity index (χ3n) is 4.42. The van der Waals surface area contributed by atoms with E-state index in [1.807, 2.05) is 0 Å². The second kappa shape index (κ2) is 7.36. The van der Waals surface area contributed by atoms with Crippen LogP contribution in [0.2, 0.25) is 0 Å². The van der Waals surface area contributed by atoms with Crippen LogP contribution < -0.4 is 0 Å². The number of thioether (sulfide) groups is 1. The van der Waals surface area contributed by atoms with Gasteiger partial charge < -0.3 is 9.47 Å². The number of nitrogens with zero attached hydrogens (tertiary/aromatic N) is 4. The molecule has 0 spiro atoms. The molecule has 0 saturated carbocycles. The molecular formula is C16H19FN4O3S2. The Labute approximate surface area is 155 Å². The quantitative estimate of drug-likeness (QED) is 0.707. The van der Waals surface area contributed by atoms with Crippen molar-refractivity contribution >= 4 is 27.5 Å². The number of rotatable bonds is 5. The lowest BCUT2D eigenvalue weighted by molar-refractivity contribution is -0.128. The Morgan fingerprint density at radius 2 is 2.12 bits per heavy atom. The maximum Gasteiger partial charge on any atom is 0.233 e. The Morgan fingerprint density at radius 3 is 2.77 bits per heavy atom. The summed E-state index contributed by atoms with van der Waals surface area (Å²) in [6.07, 6.45) is 0.469. The minimum Gasteiger partial charge on any atom is -0.341 e. The van der Waals surface area contributed by atoms with E-state index in [9.17, 15) is 17.6 Å². The number of sulfone groups is 1. The molecule has 3 rings (SSSR count). The van der Waals surface area contributed by atoms with Crippen LogP contribution in [-0.4, -0.2) is 64.3 Å². The lowest BCUT2D eigenvalue weighted by Gasteiger charge is -2.23. The first kappa shape index (κ1) is 18.8. The summed E-state index contributed by atoms with van der Waals surface area (Å²) in [4.78, 5) is 13.8. The molecule has 1 atom stereocenters. The van der Waals surface area contributed by atoms with Crippen molar-refractivity contribution in [3.63, 3.8) is 0 Å². The summed E-state index contributed by atoms with van der Waals surface area (Å²) in [7, 11) is 0.289. The largest absolute Gasteiger partial charge is 0.341 e. The average molecular weight is 398 g/mol. The Balaban J connectivity index is 1.65. The molecule has 1 aromatic carbocycles. The molecule has 0 radical (unpaired) electrons. The number of carbonyl (C=O) groups is 1. The lowest BCUT2D eigenvalue weighted by Crippen LogP contribution is -2.38. The van der Waals surface area contributed by atoms with Crippen LogP contribution in [0, 0.1) is 5.82 Å². The van der Waals surface area contributed by atoms with Crippen LogP contribution in [0.5, 0.6) is 0 Å². The standard InChI is InChI=1S/C16H19FN4O3S2/c1-20(11-7-8-26(23,24)10-11)14(22)9-25-16-19-18-15(21(16)2)12-5-3-4-6-13(12)17/h3-6,11H,7-10H2,1-2H3/t11-/m1/s1. The van der Waals surface area contributed by atoms with Crippen LogP contribution in [0.15, 0.2) is 29.4 Å². The van der Waals surface area contributed by atoms with E-state index in [1.165, 1.54) is 22.7 Å². The first-order valence-electron chi connectivity index (χ1n) is 8.01. The highest BCUT2D eigenvalue weighted by Gasteiger charge is 2.32. The van der Waals surface area contributed by atoms with Crippen molar-refractivity contribution in [2.75, 3.05) is 24.3 Å². The normalized spacial score (nSPS) is 18.8. The van der Waals surface area contributed by atoms with Crippen LogP contribution in [0.25, 0.3) is 11.4 Å². The summed E-state index contributed by atoms with van der Waals surface area (Å²) in [6, 6.07) is 6.01. The Kier molecular flexibility index (Phi) is 5.33. The van der Waals surface area contributed by atoms with Crippen molar-refractivity contribution < 1.29 is 17.6 Å². The van der Waals surface area contributed by atoms with Crippen molar-refractivity contribution in [1.29, 1.82) is 0 Å². The zero-order valence-electron chi connectivity index (χ0n) is 14.4. The van der Waals surface area contributed by atoms with E-state index in [2.05, 4.69) is 10.2 Å². The fourth-order valence-corrected chi connectivity index (χ4v) is 5.44. The monoisotopic (exact) mass is 398 g/mol. The van der Waals surface area contributed by atoms with Crippen LogP contribution in [0.1, 0.15) is 6.42 Å². The highest BCUT2D eigenvalue weighted by atomic mass is 32.2. The molecule has 10 heteroatoms. The Morgan fingerprint density at radius 1 is 1.38 bits per heavy atom. The van der Waals surface area contributed by atoms with E-state index in [1.54, 1.807) is 36.9 Å². The van der Waals surface area contributed by atoms with Gasteiger partial charge in [0.05, 0.1) is 22.8 Å². The highest BCUT2D eigenvalue weighted by Crippen LogP contribution is 2.25. The topological polar surface area (TPSA) is 85.2 Å². The first-order chi connectivity index (χ1) is 12.3. The zero-order valence-corrected chi connectivity index (χ0v) is 16.1. The van der Waals surface area contributed by atoms with Crippen LogP contribution in [-0.2, 0) is 21.7 Å². The van der Waals surface area contributed by atoms with Gasteiger partial charge in [0.15, 0.2) is 20.8 Å². The minimum absolute atomic E-state index is 0.0152. The Bertz CT molecular complexity index is 929. The molecule has 1 saturated heterocycles. The zero-order chi connectivity index (χ0) is 18.9. The number of carbonyl (C=O) groups excluding carboxylic acids is 1. The molecule has 1 aliphatic heterocycles. The number of benzene rings is 1. The average Bonchev–Trinajstić information content (AvgIpc) is 3.15. The smallest absolute Gasteiger partial charge is 0.233 e. The summed E-state index contributed by atoms with van der Waals surface area (Å²) in [5.41, 5.74) is 0.342. The van der Waals surface area contributed by atoms with Crippen LogP contribution in [0.3, 0.4) is 0 Å². The van der Waals surface area contributed by atoms with Crippen molar-refractivity contribution in [1.82, 2.24) is 19.7 Å². The third kappa shape index (κ3) is 3.90. The van der Waals surface area contributed by atoms with Gasteiger partial charge in [0.25, 0.3) is 0 Å². The molecule has 7 nitrogen and oxygen atoms in total. The van der Waals surface area contributed by atoms with Gasteiger partial charge in [0.2, 0.25) is 5.91 Å². The number of halogens is 1. The van der Waals surface area contributed by atoms with Crippen molar-refractivity contribution in [2.24, 2.45) is 7.05 Å². The summed E-state index contributed by atoms with van der Waals surface area (Å²) < 4.78 is 38.7. The molecule has 2 heterocycles. The van der Waals surface area contributed by atoms with Gasteiger partial charge in [-0.05, 0) is 18.6 Å². The summed E-state index contributed by atoms with van der Waals surface area (Å²) >= 11 is 1.19. The third-order valence-corrected chi connectivity index (χ3v) is 7.18. The maximum absolute atomic E-state index is 13.9. The molecule has 140 valence electrons. The molecule has 1 aromatic heterocycles. The predicted octanol–water partition coefficient (Wildman–Crippen LogP) is 1.36. The van der Waals surface area contributed by atoms with Gasteiger partial charge in [-0.3, -0.25) is 4.79 Å². The number of hydrogen-bond donors (Lipinski definition) is 0. The van der Waals surface area contributed by atoms with Crippen molar-refractivity contribution in [2.45, 2.75) is 17.6 Å². The van der Waals surface area contributed by atoms with Gasteiger partial charge in [0, 0.05) is 20.1 Å². The summed E-state index contributed by atoms with van der Waals surface area (Å²) in [6.45, 7) is 0. The highest BCUT2D eigenvalue weighted by molar-refractivity contribution is 7.99. The number of hydrogen-bond acceptors (Lipinski definition) is 6. The van der Waals surface area contributed by atoms with E-state index in [0.29, 0.717) is 23.0 Å². The molecule has 0 N–H and O–H groups in total. The van der Waals surface area contributed by atoms with Gasteiger partial charge in [0.1, 0.15) is 5.82 Å². The van der Waals surface area contributed by atoms with Gasteiger partial charge in [-0.2, -0.15) is 0 Å². The molecule has 2 aromatic rings. The lowest BCUT2D eigenvalue weighted by atomic mass is 10.2. The second-order valence-electron chi connectivity index (χ2n) is 6.20. The van der Waals surface area contributed by atoms with Gasteiger partial charge in [-0.25, -0.2) is 12.8 Å². The molecule has 0 bridgehead atoms. The first-order valence-corrected chi connectivity index (χ1v) is 10.8. The molecule has 26 heavy (non-hydrogen) atoms. The molecule has 0 unspecified atom stereocenters. The molecule has 0 aliphatic carbocycles. The fraction of sp³-hybridized carbons (Fsp3) is 0.438. The van der Waals surface area contributed by atoms with Crippen LogP contribution >= 0.6 is 11.8 Å². The summed E-state index contributed by atoms with van der Waals surface area (Å²) in [5.74, 6) is 0.0635. The summed E-state index contributed by atoms with van der Waals surface area (Å²) in [5, 5.41) is 8.53. The van der Waals surface area contributed by atoms with Crippen LogP contribution in [0.4, 0.5) is 4.39 Å².